The number of carbonyl (C=O) groups excluding carboxylic acids is 1. The number of aliphatic hydroxyl groups is 2. The summed E-state index contributed by atoms with van der Waals surface area (Å²) in [5.41, 5.74) is 1.94. The van der Waals surface area contributed by atoms with Gasteiger partial charge in [0.05, 0.1) is 6.10 Å². The largest absolute Gasteiger partial charge is 0.445 e. The van der Waals surface area contributed by atoms with Gasteiger partial charge in [-0.2, -0.15) is 0 Å². The number of nitrogens with zero attached hydrogens (tertiary/aromatic N) is 1. The Balaban J connectivity index is 1.74. The van der Waals surface area contributed by atoms with Gasteiger partial charge in [0.15, 0.2) is 0 Å². The quantitative estimate of drug-likeness (QED) is 0.657. The van der Waals surface area contributed by atoms with Crippen LogP contribution in [0.1, 0.15) is 29.3 Å². The van der Waals surface area contributed by atoms with E-state index in [2.05, 4.69) is 10.3 Å². The lowest BCUT2D eigenvalue weighted by Crippen LogP contribution is -2.30. The third-order valence-corrected chi connectivity index (χ3v) is 3.91. The molecule has 2 atom stereocenters. The van der Waals surface area contributed by atoms with Crippen LogP contribution < -0.4 is 5.32 Å². The fraction of sp³-hybridized carbons (Fsp3) is 0.333. The van der Waals surface area contributed by atoms with Crippen LogP contribution in [-0.2, 0) is 11.3 Å². The molecule has 25 heavy (non-hydrogen) atoms. The Bertz CT molecular complexity index is 697. The van der Waals surface area contributed by atoms with Crippen molar-refractivity contribution in [3.63, 3.8) is 0 Å². The van der Waals surface area contributed by atoms with E-state index in [1.165, 1.54) is 0 Å². The number of halogens is 1. The predicted molar refractivity (Wildman–Crippen MR) is 94.2 cm³/mol. The Labute approximate surface area is 151 Å². The standard InChI is InChI=1S/C18H21ClN2O4/c1-12-14(7-8-16(19)21-12)17(23)15(22)9-10-20-18(24)25-11-13-5-3-2-4-6-13/h2-8,15,17,22-23H,9-11H2,1H3,(H,20,24). The highest BCUT2D eigenvalue weighted by molar-refractivity contribution is 6.29. The molecule has 0 bridgehead atoms. The third-order valence-electron chi connectivity index (χ3n) is 3.70. The predicted octanol–water partition coefficient (Wildman–Crippen LogP) is 2.75. The summed E-state index contributed by atoms with van der Waals surface area (Å²) in [6, 6.07) is 12.5. The van der Waals surface area contributed by atoms with Crippen molar-refractivity contribution in [2.75, 3.05) is 6.54 Å². The van der Waals surface area contributed by atoms with Crippen LogP contribution in [0.4, 0.5) is 4.79 Å². The number of amides is 1. The molecule has 3 N–H and O–H groups in total. The van der Waals surface area contributed by atoms with E-state index < -0.39 is 18.3 Å². The number of pyridine rings is 1. The average molecular weight is 365 g/mol. The smallest absolute Gasteiger partial charge is 0.407 e. The van der Waals surface area contributed by atoms with E-state index in [9.17, 15) is 15.0 Å². The summed E-state index contributed by atoms with van der Waals surface area (Å²) in [4.78, 5) is 15.7. The summed E-state index contributed by atoms with van der Waals surface area (Å²) in [5, 5.41) is 23.2. The van der Waals surface area contributed by atoms with Gasteiger partial charge in [0, 0.05) is 17.8 Å². The van der Waals surface area contributed by atoms with Crippen molar-refractivity contribution in [2.24, 2.45) is 0 Å². The van der Waals surface area contributed by atoms with Crippen LogP contribution in [0.3, 0.4) is 0 Å². The van der Waals surface area contributed by atoms with Crippen molar-refractivity contribution >= 4 is 17.7 Å². The van der Waals surface area contributed by atoms with Gasteiger partial charge in [-0.3, -0.25) is 0 Å². The molecule has 2 rings (SSSR count). The molecule has 1 aromatic carbocycles. The highest BCUT2D eigenvalue weighted by Crippen LogP contribution is 2.22. The zero-order valence-corrected chi connectivity index (χ0v) is 14.6. The van der Waals surface area contributed by atoms with Crippen molar-refractivity contribution < 1.29 is 19.7 Å². The van der Waals surface area contributed by atoms with Gasteiger partial charge in [-0.15, -0.1) is 0 Å². The molecular weight excluding hydrogens is 344 g/mol. The van der Waals surface area contributed by atoms with E-state index in [1.807, 2.05) is 30.3 Å². The molecule has 1 amide bonds. The zero-order chi connectivity index (χ0) is 18.2. The molecule has 0 saturated carbocycles. The maximum absolute atomic E-state index is 11.6. The summed E-state index contributed by atoms with van der Waals surface area (Å²) in [7, 11) is 0. The highest BCUT2D eigenvalue weighted by atomic mass is 35.5. The minimum atomic E-state index is -1.10. The van der Waals surface area contributed by atoms with Gasteiger partial charge >= 0.3 is 6.09 Å². The minimum absolute atomic E-state index is 0.170. The lowest BCUT2D eigenvalue weighted by molar-refractivity contribution is 0.0130. The number of aryl methyl sites for hydroxylation is 1. The van der Waals surface area contributed by atoms with Gasteiger partial charge in [-0.25, -0.2) is 9.78 Å². The first-order chi connectivity index (χ1) is 12.0. The second kappa shape index (κ2) is 9.36. The molecule has 6 nitrogen and oxygen atoms in total. The molecule has 0 radical (unpaired) electrons. The van der Waals surface area contributed by atoms with E-state index >= 15 is 0 Å². The van der Waals surface area contributed by atoms with E-state index in [1.54, 1.807) is 19.1 Å². The summed E-state index contributed by atoms with van der Waals surface area (Å²) >= 11 is 5.78. The van der Waals surface area contributed by atoms with E-state index in [4.69, 9.17) is 16.3 Å². The van der Waals surface area contributed by atoms with Crippen LogP contribution >= 0.6 is 11.6 Å². The number of carbonyl (C=O) groups is 1. The second-order valence-electron chi connectivity index (χ2n) is 5.60. The van der Waals surface area contributed by atoms with Crippen LogP contribution in [0.2, 0.25) is 5.15 Å². The van der Waals surface area contributed by atoms with Gasteiger partial charge in [-0.05, 0) is 25.0 Å². The molecule has 2 aromatic rings. The number of ether oxygens (including phenoxy) is 1. The SMILES string of the molecule is Cc1nc(Cl)ccc1C(O)C(O)CCNC(=O)OCc1ccccc1. The van der Waals surface area contributed by atoms with Crippen molar-refractivity contribution in [2.45, 2.75) is 32.2 Å². The van der Waals surface area contributed by atoms with Crippen molar-refractivity contribution in [1.82, 2.24) is 10.3 Å². The number of aliphatic hydroxyl groups excluding tert-OH is 2. The summed E-state index contributed by atoms with van der Waals surface area (Å²) < 4.78 is 5.07. The van der Waals surface area contributed by atoms with Gasteiger partial charge < -0.3 is 20.3 Å². The van der Waals surface area contributed by atoms with Crippen molar-refractivity contribution in [3.05, 3.63) is 64.4 Å². The fourth-order valence-corrected chi connectivity index (χ4v) is 2.50. The summed E-state index contributed by atoms with van der Waals surface area (Å²) in [6.45, 7) is 2.05. The number of alkyl carbamates (subject to hydrolysis) is 1. The third kappa shape index (κ3) is 6.01. The Hall–Kier alpha value is -2.15. The molecule has 0 saturated heterocycles. The maximum atomic E-state index is 11.6. The van der Waals surface area contributed by atoms with E-state index in [0.717, 1.165) is 5.56 Å². The zero-order valence-electron chi connectivity index (χ0n) is 13.9. The van der Waals surface area contributed by atoms with E-state index in [0.29, 0.717) is 16.4 Å². The lowest BCUT2D eigenvalue weighted by Gasteiger charge is -2.19. The molecule has 1 heterocycles. The van der Waals surface area contributed by atoms with Gasteiger partial charge in [0.2, 0.25) is 0 Å². The van der Waals surface area contributed by atoms with Crippen LogP contribution in [0.5, 0.6) is 0 Å². The number of aromatic nitrogens is 1. The van der Waals surface area contributed by atoms with Gasteiger partial charge in [-0.1, -0.05) is 48.0 Å². The van der Waals surface area contributed by atoms with Gasteiger partial charge in [0.1, 0.15) is 17.9 Å². The minimum Gasteiger partial charge on any atom is -0.445 e. The number of nitrogens with one attached hydrogen (secondary N) is 1. The molecule has 1 aromatic heterocycles. The van der Waals surface area contributed by atoms with Crippen molar-refractivity contribution in [1.29, 1.82) is 0 Å². The Morgan fingerprint density at radius 3 is 2.64 bits per heavy atom. The Kier molecular flexibility index (Phi) is 7.18. The van der Waals surface area contributed by atoms with Crippen LogP contribution in [0.25, 0.3) is 0 Å². The van der Waals surface area contributed by atoms with Crippen LogP contribution in [-0.4, -0.2) is 33.9 Å². The first-order valence-corrected chi connectivity index (χ1v) is 8.29. The summed E-state index contributed by atoms with van der Waals surface area (Å²) in [6.07, 6.45) is -2.55. The normalized spacial score (nSPS) is 13.1. The molecule has 0 aliphatic rings. The van der Waals surface area contributed by atoms with Gasteiger partial charge in [0.25, 0.3) is 0 Å². The molecule has 0 aliphatic carbocycles. The number of hydrogen-bond donors (Lipinski definition) is 3. The highest BCUT2D eigenvalue weighted by Gasteiger charge is 2.20. The first kappa shape index (κ1) is 19.2. The number of hydrogen-bond acceptors (Lipinski definition) is 5. The molecular formula is C18H21ClN2O4. The fourth-order valence-electron chi connectivity index (χ4n) is 2.32. The summed E-state index contributed by atoms with van der Waals surface area (Å²) in [5.74, 6) is 0. The van der Waals surface area contributed by atoms with Crippen LogP contribution in [0.15, 0.2) is 42.5 Å². The van der Waals surface area contributed by atoms with Crippen molar-refractivity contribution in [3.8, 4) is 0 Å². The van der Waals surface area contributed by atoms with E-state index in [-0.39, 0.29) is 19.6 Å². The first-order valence-electron chi connectivity index (χ1n) is 7.91. The lowest BCUT2D eigenvalue weighted by atomic mass is 10.0. The van der Waals surface area contributed by atoms with Crippen LogP contribution in [0, 0.1) is 6.92 Å². The molecule has 0 fully saturated rings. The Morgan fingerprint density at radius 1 is 1.24 bits per heavy atom. The maximum Gasteiger partial charge on any atom is 0.407 e. The monoisotopic (exact) mass is 364 g/mol. The molecule has 0 spiro atoms. The molecule has 134 valence electrons. The molecule has 0 aliphatic heterocycles. The molecule has 2 unspecified atom stereocenters. The number of benzene rings is 1. The Morgan fingerprint density at radius 2 is 1.96 bits per heavy atom. The average Bonchev–Trinajstić information content (AvgIpc) is 2.60. The molecule has 7 heteroatoms. The number of rotatable bonds is 7. The topological polar surface area (TPSA) is 91.7 Å². The second-order valence-corrected chi connectivity index (χ2v) is 5.99.